The zero-order chi connectivity index (χ0) is 24.6. The quantitative estimate of drug-likeness (QED) is 0.600. The van der Waals surface area contributed by atoms with Crippen LogP contribution >= 0.6 is 0 Å². The molecule has 0 saturated heterocycles. The predicted octanol–water partition coefficient (Wildman–Crippen LogP) is 3.97. The molecule has 2 aromatic heterocycles. The first-order valence-electron chi connectivity index (χ1n) is 12.2. The monoisotopic (exact) mass is 478 g/mol. The van der Waals surface area contributed by atoms with Crippen LogP contribution in [0.1, 0.15) is 56.1 Å². The molecule has 2 amide bonds. The number of carbonyl (C=O) groups excluding carboxylic acids is 1. The van der Waals surface area contributed by atoms with Crippen LogP contribution in [0.4, 0.5) is 9.18 Å². The average molecular weight is 479 g/mol. The van der Waals surface area contributed by atoms with Gasteiger partial charge in [0.1, 0.15) is 23.7 Å². The van der Waals surface area contributed by atoms with Crippen molar-refractivity contribution in [3.8, 4) is 5.75 Å². The van der Waals surface area contributed by atoms with Crippen LogP contribution in [-0.2, 0) is 19.3 Å². The molecule has 0 bridgehead atoms. The maximum atomic E-state index is 14.5. The lowest BCUT2D eigenvalue weighted by atomic mass is 9.99. The van der Waals surface area contributed by atoms with Crippen molar-refractivity contribution in [2.45, 2.75) is 58.4 Å². The summed E-state index contributed by atoms with van der Waals surface area (Å²) in [4.78, 5) is 19.0. The third-order valence-corrected chi connectivity index (χ3v) is 6.50. The summed E-state index contributed by atoms with van der Waals surface area (Å²) in [7, 11) is 0. The number of amides is 2. The number of aromatic nitrogens is 4. The van der Waals surface area contributed by atoms with Gasteiger partial charge in [0.2, 0.25) is 0 Å². The number of carbonyl (C=O) groups is 1. The van der Waals surface area contributed by atoms with Gasteiger partial charge < -0.3 is 15.0 Å². The molecule has 1 aromatic carbocycles. The van der Waals surface area contributed by atoms with E-state index in [9.17, 15) is 9.18 Å². The molecule has 0 spiro atoms. The van der Waals surface area contributed by atoms with Gasteiger partial charge in [-0.25, -0.2) is 14.2 Å². The molecule has 0 aliphatic carbocycles. The van der Waals surface area contributed by atoms with Crippen LogP contribution in [0, 0.1) is 5.82 Å². The largest absolute Gasteiger partial charge is 0.493 e. The first kappa shape index (κ1) is 23.3. The molecular weight excluding hydrogens is 447 g/mol. The number of halogens is 1. The van der Waals surface area contributed by atoms with Gasteiger partial charge in [-0.15, -0.1) is 10.2 Å². The van der Waals surface area contributed by atoms with Gasteiger partial charge >= 0.3 is 6.03 Å². The van der Waals surface area contributed by atoms with E-state index >= 15 is 0 Å². The molecule has 9 heteroatoms. The second-order valence-corrected chi connectivity index (χ2v) is 10.2. The second kappa shape index (κ2) is 9.28. The minimum Gasteiger partial charge on any atom is -0.493 e. The van der Waals surface area contributed by atoms with Gasteiger partial charge in [0.05, 0.1) is 6.61 Å². The smallest absolute Gasteiger partial charge is 0.318 e. The fourth-order valence-corrected chi connectivity index (χ4v) is 4.78. The van der Waals surface area contributed by atoms with Gasteiger partial charge in [0, 0.05) is 48.8 Å². The van der Waals surface area contributed by atoms with E-state index in [1.54, 1.807) is 12.4 Å². The Morgan fingerprint density at radius 1 is 1.23 bits per heavy atom. The van der Waals surface area contributed by atoms with Gasteiger partial charge in [-0.1, -0.05) is 6.08 Å². The SMILES string of the molecule is CC(C)(C)NC(=O)N1CC=C(c2cnc(CCCc3c(F)ccc4c3CCO4)n3cnnc23)CC1. The van der Waals surface area contributed by atoms with E-state index in [1.165, 1.54) is 6.07 Å². The Kier molecular flexibility index (Phi) is 6.17. The molecule has 8 nitrogen and oxygen atoms in total. The minimum absolute atomic E-state index is 0.0547. The highest BCUT2D eigenvalue weighted by atomic mass is 19.1. The fraction of sp³-hybridized carbons (Fsp3) is 0.462. The number of rotatable bonds is 5. The van der Waals surface area contributed by atoms with Crippen LogP contribution in [0.3, 0.4) is 0 Å². The molecule has 0 fully saturated rings. The molecule has 1 N–H and O–H groups in total. The van der Waals surface area contributed by atoms with Gasteiger partial charge in [-0.2, -0.15) is 0 Å². The van der Waals surface area contributed by atoms with Crippen molar-refractivity contribution in [1.29, 1.82) is 0 Å². The predicted molar refractivity (Wildman–Crippen MR) is 131 cm³/mol. The van der Waals surface area contributed by atoms with E-state index in [0.29, 0.717) is 32.5 Å². The van der Waals surface area contributed by atoms with Crippen molar-refractivity contribution in [1.82, 2.24) is 29.8 Å². The highest BCUT2D eigenvalue weighted by molar-refractivity contribution is 5.79. The third kappa shape index (κ3) is 4.85. The van der Waals surface area contributed by atoms with Crippen LogP contribution in [0.15, 0.2) is 30.7 Å². The lowest BCUT2D eigenvalue weighted by Gasteiger charge is -2.30. The maximum Gasteiger partial charge on any atom is 0.318 e. The van der Waals surface area contributed by atoms with Crippen molar-refractivity contribution < 1.29 is 13.9 Å². The summed E-state index contributed by atoms with van der Waals surface area (Å²) >= 11 is 0. The summed E-state index contributed by atoms with van der Waals surface area (Å²) in [6, 6.07) is 3.16. The summed E-state index contributed by atoms with van der Waals surface area (Å²) in [5, 5.41) is 11.5. The molecule has 0 atom stereocenters. The van der Waals surface area contributed by atoms with Crippen molar-refractivity contribution in [3.05, 3.63) is 59.1 Å². The first-order valence-corrected chi connectivity index (χ1v) is 12.2. The van der Waals surface area contributed by atoms with Crippen molar-refractivity contribution in [3.63, 3.8) is 0 Å². The highest BCUT2D eigenvalue weighted by Gasteiger charge is 2.24. The number of aryl methyl sites for hydroxylation is 1. The zero-order valence-corrected chi connectivity index (χ0v) is 20.5. The van der Waals surface area contributed by atoms with E-state index in [-0.39, 0.29) is 17.4 Å². The average Bonchev–Trinajstić information content (AvgIpc) is 3.49. The molecule has 0 unspecified atom stereocenters. The van der Waals surface area contributed by atoms with E-state index < -0.39 is 0 Å². The Balaban J connectivity index is 1.28. The molecule has 0 saturated carbocycles. The molecule has 184 valence electrons. The standard InChI is InChI=1S/C26H31FN6O2/c1-26(2,3)30-25(34)32-12-9-17(10-13-32)20-15-28-23(33-16-29-31-24(20)33)6-4-5-18-19-11-14-35-22(19)8-7-21(18)27/h7-9,15-16H,4-6,10-14H2,1-3H3,(H,30,34). The molecule has 2 aliphatic heterocycles. The van der Waals surface area contributed by atoms with E-state index in [1.807, 2.05) is 36.3 Å². The molecular formula is C26H31FN6O2. The normalized spacial score (nSPS) is 15.7. The van der Waals surface area contributed by atoms with Crippen molar-refractivity contribution in [2.24, 2.45) is 0 Å². The molecule has 2 aliphatic rings. The summed E-state index contributed by atoms with van der Waals surface area (Å²) in [6.45, 7) is 7.71. The molecule has 5 rings (SSSR count). The maximum absolute atomic E-state index is 14.5. The number of ether oxygens (including phenoxy) is 1. The van der Waals surface area contributed by atoms with E-state index in [2.05, 4.69) is 21.6 Å². The Morgan fingerprint density at radius 3 is 2.86 bits per heavy atom. The van der Waals surface area contributed by atoms with E-state index in [4.69, 9.17) is 9.72 Å². The fourth-order valence-electron chi connectivity index (χ4n) is 4.78. The van der Waals surface area contributed by atoms with Gasteiger partial charge in [-0.3, -0.25) is 4.40 Å². The summed E-state index contributed by atoms with van der Waals surface area (Å²) in [5.74, 6) is 1.49. The van der Waals surface area contributed by atoms with Crippen LogP contribution in [0.25, 0.3) is 11.2 Å². The lowest BCUT2D eigenvalue weighted by Crippen LogP contribution is -2.49. The number of hydrogen-bond acceptors (Lipinski definition) is 5. The minimum atomic E-state index is -0.269. The number of benzene rings is 1. The van der Waals surface area contributed by atoms with Crippen LogP contribution in [-0.4, -0.2) is 55.7 Å². The van der Waals surface area contributed by atoms with Gasteiger partial charge in [0.25, 0.3) is 0 Å². The third-order valence-electron chi connectivity index (χ3n) is 6.50. The molecule has 4 heterocycles. The van der Waals surface area contributed by atoms with Crippen molar-refractivity contribution >= 4 is 17.3 Å². The Labute approximate surface area is 204 Å². The Hall–Kier alpha value is -3.49. The van der Waals surface area contributed by atoms with Crippen LogP contribution < -0.4 is 10.1 Å². The number of fused-ring (bicyclic) bond motifs is 2. The Bertz CT molecular complexity index is 1290. The van der Waals surface area contributed by atoms with E-state index in [0.717, 1.165) is 58.7 Å². The lowest BCUT2D eigenvalue weighted by molar-refractivity contribution is 0.193. The van der Waals surface area contributed by atoms with Crippen molar-refractivity contribution in [2.75, 3.05) is 19.7 Å². The number of nitrogens with one attached hydrogen (secondary N) is 1. The van der Waals surface area contributed by atoms with Gasteiger partial charge in [0.15, 0.2) is 5.65 Å². The summed E-state index contributed by atoms with van der Waals surface area (Å²) in [6.07, 6.45) is 9.15. The summed E-state index contributed by atoms with van der Waals surface area (Å²) < 4.78 is 22.0. The topological polar surface area (TPSA) is 84.7 Å². The highest BCUT2D eigenvalue weighted by Crippen LogP contribution is 2.31. The first-order chi connectivity index (χ1) is 16.8. The Morgan fingerprint density at radius 2 is 2.09 bits per heavy atom. The van der Waals surface area contributed by atoms with Gasteiger partial charge in [-0.05, 0) is 63.3 Å². The zero-order valence-electron chi connectivity index (χ0n) is 20.5. The molecule has 0 radical (unpaired) electrons. The summed E-state index contributed by atoms with van der Waals surface area (Å²) in [5.41, 5.74) is 4.29. The number of hydrogen-bond donors (Lipinski definition) is 1. The second-order valence-electron chi connectivity index (χ2n) is 10.2. The van der Waals surface area contributed by atoms with Crippen LogP contribution in [0.2, 0.25) is 0 Å². The van der Waals surface area contributed by atoms with Crippen LogP contribution in [0.5, 0.6) is 5.75 Å². The molecule has 35 heavy (non-hydrogen) atoms. The number of nitrogens with zero attached hydrogens (tertiary/aromatic N) is 5. The number of urea groups is 1. The molecule has 3 aromatic rings.